The summed E-state index contributed by atoms with van der Waals surface area (Å²) in [5.74, 6) is -0.407. The standard InChI is InChI=1S/C15H14BrF2NS/c1-19-15(13-6-5-11(17)8-14(13)18)9-20-12-4-2-3-10(16)7-12/h2-8,15,19H,9H2,1H3. The van der Waals surface area contributed by atoms with E-state index in [1.165, 1.54) is 12.1 Å². The Hall–Kier alpha value is -0.910. The Morgan fingerprint density at radius 2 is 2.00 bits per heavy atom. The highest BCUT2D eigenvalue weighted by atomic mass is 79.9. The molecule has 0 saturated carbocycles. The fourth-order valence-corrected chi connectivity index (χ4v) is 3.49. The van der Waals surface area contributed by atoms with E-state index in [2.05, 4.69) is 21.2 Å². The third-order valence-corrected chi connectivity index (χ3v) is 4.48. The van der Waals surface area contributed by atoms with Gasteiger partial charge in [-0.15, -0.1) is 11.8 Å². The summed E-state index contributed by atoms with van der Waals surface area (Å²) in [7, 11) is 1.77. The van der Waals surface area contributed by atoms with Gasteiger partial charge in [0.05, 0.1) is 0 Å². The molecule has 0 spiro atoms. The molecule has 0 radical (unpaired) electrons. The molecule has 1 atom stereocenters. The maximum Gasteiger partial charge on any atom is 0.130 e. The number of rotatable bonds is 5. The topological polar surface area (TPSA) is 12.0 Å². The van der Waals surface area contributed by atoms with Crippen LogP contribution in [0.4, 0.5) is 8.78 Å². The van der Waals surface area contributed by atoms with E-state index < -0.39 is 11.6 Å². The zero-order chi connectivity index (χ0) is 14.5. The van der Waals surface area contributed by atoms with Crippen molar-refractivity contribution >= 4 is 27.7 Å². The number of halogens is 3. The first kappa shape index (κ1) is 15.5. The lowest BCUT2D eigenvalue weighted by molar-refractivity contribution is 0.545. The number of thioether (sulfide) groups is 1. The monoisotopic (exact) mass is 357 g/mol. The van der Waals surface area contributed by atoms with Crippen LogP contribution in [0.1, 0.15) is 11.6 Å². The number of hydrogen-bond acceptors (Lipinski definition) is 2. The molecule has 2 aromatic carbocycles. The zero-order valence-electron chi connectivity index (χ0n) is 10.9. The van der Waals surface area contributed by atoms with Crippen LogP contribution in [0.2, 0.25) is 0 Å². The molecule has 0 aliphatic rings. The van der Waals surface area contributed by atoms with E-state index in [0.717, 1.165) is 15.4 Å². The Bertz CT molecular complexity index is 592. The summed E-state index contributed by atoms with van der Waals surface area (Å²) in [5, 5.41) is 3.07. The number of nitrogens with one attached hydrogen (secondary N) is 1. The highest BCUT2D eigenvalue weighted by Gasteiger charge is 2.15. The molecule has 0 aliphatic carbocycles. The van der Waals surface area contributed by atoms with Crippen molar-refractivity contribution in [1.82, 2.24) is 5.32 Å². The summed E-state index contributed by atoms with van der Waals surface area (Å²) in [6.45, 7) is 0. The van der Waals surface area contributed by atoms with Crippen LogP contribution < -0.4 is 5.32 Å². The van der Waals surface area contributed by atoms with Crippen LogP contribution in [-0.4, -0.2) is 12.8 Å². The second kappa shape index (κ2) is 7.20. The van der Waals surface area contributed by atoms with Crippen molar-refractivity contribution in [2.45, 2.75) is 10.9 Å². The third kappa shape index (κ3) is 4.04. The molecule has 1 nitrogen and oxygen atoms in total. The molecule has 0 bridgehead atoms. The highest BCUT2D eigenvalue weighted by molar-refractivity contribution is 9.10. The van der Waals surface area contributed by atoms with E-state index in [0.29, 0.717) is 11.3 Å². The van der Waals surface area contributed by atoms with Crippen molar-refractivity contribution in [2.24, 2.45) is 0 Å². The Balaban J connectivity index is 2.09. The average Bonchev–Trinajstić information content (AvgIpc) is 2.41. The summed E-state index contributed by atoms with van der Waals surface area (Å²) in [5.41, 5.74) is 0.483. The van der Waals surface area contributed by atoms with Gasteiger partial charge in [-0.2, -0.15) is 0 Å². The van der Waals surface area contributed by atoms with Crippen molar-refractivity contribution in [1.29, 1.82) is 0 Å². The lowest BCUT2D eigenvalue weighted by Crippen LogP contribution is -2.20. The van der Waals surface area contributed by atoms with Gasteiger partial charge in [-0.1, -0.05) is 28.1 Å². The lowest BCUT2D eigenvalue weighted by Gasteiger charge is -2.17. The smallest absolute Gasteiger partial charge is 0.130 e. The minimum atomic E-state index is -0.555. The molecular weight excluding hydrogens is 344 g/mol. The Kier molecular flexibility index (Phi) is 5.57. The second-order valence-electron chi connectivity index (χ2n) is 4.28. The van der Waals surface area contributed by atoms with Crippen LogP contribution in [0.15, 0.2) is 51.8 Å². The van der Waals surface area contributed by atoms with E-state index in [1.807, 2.05) is 24.3 Å². The highest BCUT2D eigenvalue weighted by Crippen LogP contribution is 2.27. The Labute approximate surface area is 129 Å². The minimum absolute atomic E-state index is 0.167. The molecule has 0 heterocycles. The van der Waals surface area contributed by atoms with Crippen LogP contribution in [0.5, 0.6) is 0 Å². The van der Waals surface area contributed by atoms with Crippen molar-refractivity contribution in [3.63, 3.8) is 0 Å². The quantitative estimate of drug-likeness (QED) is 0.772. The normalized spacial score (nSPS) is 12.4. The fourth-order valence-electron chi connectivity index (χ4n) is 1.85. The molecule has 0 fully saturated rings. The van der Waals surface area contributed by atoms with Crippen LogP contribution in [0.25, 0.3) is 0 Å². The van der Waals surface area contributed by atoms with Gasteiger partial charge in [0, 0.05) is 32.8 Å². The summed E-state index contributed by atoms with van der Waals surface area (Å²) in [6.07, 6.45) is 0. The summed E-state index contributed by atoms with van der Waals surface area (Å²) >= 11 is 5.04. The Morgan fingerprint density at radius 1 is 1.20 bits per heavy atom. The molecule has 0 saturated heterocycles. The molecule has 1 unspecified atom stereocenters. The van der Waals surface area contributed by atoms with Crippen molar-refractivity contribution in [3.05, 3.63) is 64.1 Å². The van der Waals surface area contributed by atoms with Gasteiger partial charge >= 0.3 is 0 Å². The molecule has 1 N–H and O–H groups in total. The maximum atomic E-state index is 13.8. The van der Waals surface area contributed by atoms with Crippen LogP contribution in [0.3, 0.4) is 0 Å². The van der Waals surface area contributed by atoms with Gasteiger partial charge < -0.3 is 5.32 Å². The molecule has 0 aliphatic heterocycles. The van der Waals surface area contributed by atoms with Gasteiger partial charge in [-0.05, 0) is 31.3 Å². The van der Waals surface area contributed by atoms with E-state index >= 15 is 0 Å². The zero-order valence-corrected chi connectivity index (χ0v) is 13.3. The van der Waals surface area contributed by atoms with Gasteiger partial charge in [0.15, 0.2) is 0 Å². The maximum absolute atomic E-state index is 13.8. The first-order chi connectivity index (χ1) is 9.60. The van der Waals surface area contributed by atoms with Gasteiger partial charge in [0.2, 0.25) is 0 Å². The molecule has 5 heteroatoms. The first-order valence-electron chi connectivity index (χ1n) is 6.10. The van der Waals surface area contributed by atoms with E-state index in [4.69, 9.17) is 0 Å². The SMILES string of the molecule is CNC(CSc1cccc(Br)c1)c1ccc(F)cc1F. The molecular formula is C15H14BrF2NS. The van der Waals surface area contributed by atoms with Gasteiger partial charge in [0.1, 0.15) is 11.6 Å². The van der Waals surface area contributed by atoms with Crippen LogP contribution >= 0.6 is 27.7 Å². The molecule has 2 aromatic rings. The fraction of sp³-hybridized carbons (Fsp3) is 0.200. The summed E-state index contributed by atoms with van der Waals surface area (Å²) in [4.78, 5) is 1.10. The first-order valence-corrected chi connectivity index (χ1v) is 7.88. The molecule has 0 amide bonds. The van der Waals surface area contributed by atoms with Crippen molar-refractivity contribution in [3.8, 4) is 0 Å². The molecule has 20 heavy (non-hydrogen) atoms. The third-order valence-electron chi connectivity index (χ3n) is 2.90. The van der Waals surface area contributed by atoms with Crippen molar-refractivity contribution < 1.29 is 8.78 Å². The van der Waals surface area contributed by atoms with Gasteiger partial charge in [0.25, 0.3) is 0 Å². The average molecular weight is 358 g/mol. The number of hydrogen-bond donors (Lipinski definition) is 1. The predicted molar refractivity (Wildman–Crippen MR) is 83.0 cm³/mol. The number of benzene rings is 2. The minimum Gasteiger partial charge on any atom is -0.312 e. The van der Waals surface area contributed by atoms with E-state index in [1.54, 1.807) is 18.8 Å². The van der Waals surface area contributed by atoms with E-state index in [-0.39, 0.29) is 6.04 Å². The van der Waals surface area contributed by atoms with Crippen LogP contribution in [-0.2, 0) is 0 Å². The van der Waals surface area contributed by atoms with Gasteiger partial charge in [-0.25, -0.2) is 8.78 Å². The predicted octanol–water partition coefficient (Wildman–Crippen LogP) is 4.78. The Morgan fingerprint density at radius 3 is 2.65 bits per heavy atom. The van der Waals surface area contributed by atoms with E-state index in [9.17, 15) is 8.78 Å². The second-order valence-corrected chi connectivity index (χ2v) is 6.28. The summed E-state index contributed by atoms with van der Waals surface area (Å²) in [6, 6.07) is 11.5. The molecule has 106 valence electrons. The lowest BCUT2D eigenvalue weighted by atomic mass is 10.1. The molecule has 0 aromatic heterocycles. The van der Waals surface area contributed by atoms with Crippen molar-refractivity contribution in [2.75, 3.05) is 12.8 Å². The molecule has 2 rings (SSSR count). The van der Waals surface area contributed by atoms with Crippen LogP contribution in [0, 0.1) is 11.6 Å². The largest absolute Gasteiger partial charge is 0.312 e. The summed E-state index contributed by atoms with van der Waals surface area (Å²) < 4.78 is 27.7. The van der Waals surface area contributed by atoms with Gasteiger partial charge in [-0.3, -0.25) is 0 Å².